The third-order valence-electron chi connectivity index (χ3n) is 3.58. The highest BCUT2D eigenvalue weighted by Gasteiger charge is 2.23. The minimum Gasteiger partial charge on any atom is -0.399 e. The second-order valence-corrected chi connectivity index (χ2v) is 5.38. The van der Waals surface area contributed by atoms with Gasteiger partial charge in [0.25, 0.3) is 0 Å². The first-order valence-corrected chi connectivity index (χ1v) is 6.84. The number of nitrogens with zero attached hydrogens (tertiary/aromatic N) is 1. The molecule has 100 valence electrons. The summed E-state index contributed by atoms with van der Waals surface area (Å²) in [5, 5.41) is 0. The zero-order valence-electron chi connectivity index (χ0n) is 11.4. The Morgan fingerprint density at radius 2 is 2.28 bits per heavy atom. The lowest BCUT2D eigenvalue weighted by molar-refractivity contribution is 0.00193. The van der Waals surface area contributed by atoms with E-state index in [0.717, 1.165) is 25.4 Å². The van der Waals surface area contributed by atoms with E-state index >= 15 is 0 Å². The summed E-state index contributed by atoms with van der Waals surface area (Å²) in [5.74, 6) is 0. The molecule has 1 heterocycles. The molecule has 2 N–H and O–H groups in total. The standard InChI is InChI=1S/C15H24N2O/c1-12(2)17(15-7-4-8-18-11-15)10-13-5-3-6-14(16)9-13/h3,5-6,9,12,15H,4,7-8,10-11,16H2,1-2H3. The number of nitrogen functional groups attached to an aromatic ring is 1. The summed E-state index contributed by atoms with van der Waals surface area (Å²) in [6.07, 6.45) is 2.41. The molecule has 1 fully saturated rings. The Morgan fingerprint density at radius 3 is 2.89 bits per heavy atom. The van der Waals surface area contributed by atoms with E-state index in [4.69, 9.17) is 10.5 Å². The maximum absolute atomic E-state index is 5.85. The number of benzene rings is 1. The Hall–Kier alpha value is -1.06. The van der Waals surface area contributed by atoms with Crippen molar-refractivity contribution in [2.75, 3.05) is 18.9 Å². The van der Waals surface area contributed by atoms with Gasteiger partial charge in [0.2, 0.25) is 0 Å². The van der Waals surface area contributed by atoms with Gasteiger partial charge in [-0.05, 0) is 44.4 Å². The average Bonchev–Trinajstić information content (AvgIpc) is 2.37. The molecule has 1 atom stereocenters. The van der Waals surface area contributed by atoms with Crippen LogP contribution in [0.4, 0.5) is 5.69 Å². The molecule has 0 saturated carbocycles. The van der Waals surface area contributed by atoms with Crippen LogP contribution in [0.15, 0.2) is 24.3 Å². The summed E-state index contributed by atoms with van der Waals surface area (Å²) in [6, 6.07) is 9.25. The van der Waals surface area contributed by atoms with E-state index in [0.29, 0.717) is 12.1 Å². The number of hydrogen-bond acceptors (Lipinski definition) is 3. The molecule has 1 aromatic rings. The summed E-state index contributed by atoms with van der Waals surface area (Å²) >= 11 is 0. The number of ether oxygens (including phenoxy) is 1. The molecular formula is C15H24N2O. The molecule has 0 amide bonds. The molecule has 18 heavy (non-hydrogen) atoms. The molecule has 0 aliphatic carbocycles. The Balaban J connectivity index is 2.05. The second kappa shape index (κ2) is 6.21. The van der Waals surface area contributed by atoms with Gasteiger partial charge < -0.3 is 10.5 Å². The lowest BCUT2D eigenvalue weighted by atomic mass is 10.0. The molecule has 2 rings (SSSR count). The van der Waals surface area contributed by atoms with Gasteiger partial charge in [0.05, 0.1) is 6.61 Å². The normalized spacial score (nSPS) is 20.6. The average molecular weight is 248 g/mol. The van der Waals surface area contributed by atoms with E-state index < -0.39 is 0 Å². The van der Waals surface area contributed by atoms with Crippen molar-refractivity contribution >= 4 is 5.69 Å². The van der Waals surface area contributed by atoms with Crippen molar-refractivity contribution < 1.29 is 4.74 Å². The number of rotatable bonds is 4. The van der Waals surface area contributed by atoms with E-state index in [-0.39, 0.29) is 0 Å². The van der Waals surface area contributed by atoms with Gasteiger partial charge in [0.15, 0.2) is 0 Å². The van der Waals surface area contributed by atoms with Gasteiger partial charge in [-0.25, -0.2) is 0 Å². The summed E-state index contributed by atoms with van der Waals surface area (Å²) in [4.78, 5) is 2.52. The van der Waals surface area contributed by atoms with Gasteiger partial charge in [-0.1, -0.05) is 12.1 Å². The minimum absolute atomic E-state index is 0.526. The maximum atomic E-state index is 5.85. The van der Waals surface area contributed by atoms with Crippen molar-refractivity contribution in [3.63, 3.8) is 0 Å². The summed E-state index contributed by atoms with van der Waals surface area (Å²) in [5.41, 5.74) is 7.98. The van der Waals surface area contributed by atoms with Gasteiger partial charge >= 0.3 is 0 Å². The molecule has 1 unspecified atom stereocenters. The lowest BCUT2D eigenvalue weighted by Crippen LogP contribution is -2.44. The predicted octanol–water partition coefficient (Wildman–Crippen LogP) is 2.66. The molecule has 0 bridgehead atoms. The van der Waals surface area contributed by atoms with Gasteiger partial charge in [-0.15, -0.1) is 0 Å². The number of nitrogens with two attached hydrogens (primary N) is 1. The van der Waals surface area contributed by atoms with Crippen molar-refractivity contribution in [2.45, 2.75) is 45.3 Å². The summed E-state index contributed by atoms with van der Waals surface area (Å²) in [6.45, 7) is 7.24. The zero-order valence-corrected chi connectivity index (χ0v) is 11.4. The van der Waals surface area contributed by atoms with E-state index in [1.807, 2.05) is 12.1 Å². The van der Waals surface area contributed by atoms with Gasteiger partial charge in [0.1, 0.15) is 0 Å². The van der Waals surface area contributed by atoms with Crippen molar-refractivity contribution in [2.24, 2.45) is 0 Å². The topological polar surface area (TPSA) is 38.5 Å². The minimum atomic E-state index is 0.526. The zero-order chi connectivity index (χ0) is 13.0. The summed E-state index contributed by atoms with van der Waals surface area (Å²) < 4.78 is 5.61. The van der Waals surface area contributed by atoms with Gasteiger partial charge in [0, 0.05) is 30.9 Å². The van der Waals surface area contributed by atoms with Crippen LogP contribution in [-0.4, -0.2) is 30.2 Å². The molecule has 1 aromatic carbocycles. The van der Waals surface area contributed by atoms with Crippen molar-refractivity contribution in [1.82, 2.24) is 4.90 Å². The van der Waals surface area contributed by atoms with Crippen molar-refractivity contribution in [3.8, 4) is 0 Å². The highest BCUT2D eigenvalue weighted by Crippen LogP contribution is 2.20. The number of hydrogen-bond donors (Lipinski definition) is 1. The lowest BCUT2D eigenvalue weighted by Gasteiger charge is -2.37. The third-order valence-corrected chi connectivity index (χ3v) is 3.58. The van der Waals surface area contributed by atoms with Crippen molar-refractivity contribution in [1.29, 1.82) is 0 Å². The molecule has 1 aliphatic rings. The fourth-order valence-corrected chi connectivity index (χ4v) is 2.62. The second-order valence-electron chi connectivity index (χ2n) is 5.38. The molecule has 1 aliphatic heterocycles. The van der Waals surface area contributed by atoms with Gasteiger partial charge in [-0.3, -0.25) is 4.90 Å². The van der Waals surface area contributed by atoms with E-state index in [1.54, 1.807) is 0 Å². The Kier molecular flexibility index (Phi) is 4.61. The Bertz CT molecular complexity index is 373. The van der Waals surface area contributed by atoms with Crippen LogP contribution in [0.5, 0.6) is 0 Å². The van der Waals surface area contributed by atoms with Crippen LogP contribution in [0.1, 0.15) is 32.3 Å². The maximum Gasteiger partial charge on any atom is 0.0622 e. The number of anilines is 1. The summed E-state index contributed by atoms with van der Waals surface area (Å²) in [7, 11) is 0. The first-order chi connectivity index (χ1) is 8.66. The monoisotopic (exact) mass is 248 g/mol. The molecule has 3 heteroatoms. The third kappa shape index (κ3) is 3.47. The molecular weight excluding hydrogens is 224 g/mol. The van der Waals surface area contributed by atoms with Crippen LogP contribution in [0.2, 0.25) is 0 Å². The molecule has 0 aromatic heterocycles. The van der Waals surface area contributed by atoms with Crippen LogP contribution in [0, 0.1) is 0 Å². The highest BCUT2D eigenvalue weighted by molar-refractivity contribution is 5.40. The van der Waals surface area contributed by atoms with Crippen LogP contribution < -0.4 is 5.73 Å². The largest absolute Gasteiger partial charge is 0.399 e. The van der Waals surface area contributed by atoms with E-state index in [9.17, 15) is 0 Å². The molecule has 3 nitrogen and oxygen atoms in total. The fraction of sp³-hybridized carbons (Fsp3) is 0.600. The quantitative estimate of drug-likeness (QED) is 0.833. The van der Waals surface area contributed by atoms with E-state index in [2.05, 4.69) is 30.9 Å². The highest BCUT2D eigenvalue weighted by atomic mass is 16.5. The smallest absolute Gasteiger partial charge is 0.0622 e. The van der Waals surface area contributed by atoms with Crippen LogP contribution >= 0.6 is 0 Å². The fourth-order valence-electron chi connectivity index (χ4n) is 2.62. The predicted molar refractivity (Wildman–Crippen MR) is 75.4 cm³/mol. The van der Waals surface area contributed by atoms with E-state index in [1.165, 1.54) is 18.4 Å². The molecule has 0 radical (unpaired) electrons. The molecule has 0 spiro atoms. The van der Waals surface area contributed by atoms with Gasteiger partial charge in [-0.2, -0.15) is 0 Å². The van der Waals surface area contributed by atoms with Crippen LogP contribution in [0.25, 0.3) is 0 Å². The Morgan fingerprint density at radius 1 is 1.44 bits per heavy atom. The Labute approximate surface area is 110 Å². The van der Waals surface area contributed by atoms with Crippen molar-refractivity contribution in [3.05, 3.63) is 29.8 Å². The first-order valence-electron chi connectivity index (χ1n) is 6.84. The van der Waals surface area contributed by atoms with Crippen LogP contribution in [-0.2, 0) is 11.3 Å². The first kappa shape index (κ1) is 13.4. The van der Waals surface area contributed by atoms with Crippen LogP contribution in [0.3, 0.4) is 0 Å². The molecule has 1 saturated heterocycles. The SMILES string of the molecule is CC(C)N(Cc1cccc(N)c1)C1CCCOC1.